The molecular weight excluding hydrogens is 170 g/mol. The lowest BCUT2D eigenvalue weighted by Crippen LogP contribution is -2.42. The first-order chi connectivity index (χ1) is 6.31. The van der Waals surface area contributed by atoms with Crippen LogP contribution in [-0.2, 0) is 13.1 Å². The van der Waals surface area contributed by atoms with E-state index >= 15 is 0 Å². The number of aromatic nitrogens is 2. The van der Waals surface area contributed by atoms with Crippen LogP contribution in [0.4, 0.5) is 0 Å². The van der Waals surface area contributed by atoms with Crippen molar-refractivity contribution >= 4 is 5.96 Å². The summed E-state index contributed by atoms with van der Waals surface area (Å²) < 4.78 is 2.06. The zero-order chi connectivity index (χ0) is 9.26. The number of imidazole rings is 1. The van der Waals surface area contributed by atoms with Crippen molar-refractivity contribution in [3.63, 3.8) is 0 Å². The molecule has 0 spiro atoms. The van der Waals surface area contributed by atoms with E-state index in [4.69, 9.17) is 10.9 Å². The van der Waals surface area contributed by atoms with E-state index in [9.17, 15) is 0 Å². The van der Waals surface area contributed by atoms with Crippen LogP contribution in [0, 0.1) is 0 Å². The summed E-state index contributed by atoms with van der Waals surface area (Å²) in [5.74, 6) is 1.09. The van der Waals surface area contributed by atoms with Crippen LogP contribution in [0.3, 0.4) is 0 Å². The number of fused-ring (bicyclic) bond motifs is 1. The molecule has 0 fully saturated rings. The smallest absolute Gasteiger partial charge is 0.233 e. The van der Waals surface area contributed by atoms with Crippen LogP contribution in [0.25, 0.3) is 0 Å². The van der Waals surface area contributed by atoms with Crippen LogP contribution in [0.1, 0.15) is 5.82 Å². The summed E-state index contributed by atoms with van der Waals surface area (Å²) in [5, 5.41) is 11.4. The summed E-state index contributed by atoms with van der Waals surface area (Å²) in [6.07, 6.45) is 3.68. The van der Waals surface area contributed by atoms with Gasteiger partial charge in [0.1, 0.15) is 5.82 Å². The molecule has 1 aromatic rings. The first-order valence-corrected chi connectivity index (χ1v) is 4.04. The van der Waals surface area contributed by atoms with Gasteiger partial charge in [-0.15, -0.1) is 0 Å². The maximum absolute atomic E-state index is 8.48. The number of hydrogen-bond donors (Lipinski definition) is 2. The summed E-state index contributed by atoms with van der Waals surface area (Å²) in [7, 11) is 0. The Balaban J connectivity index is 2.17. The predicted octanol–water partition coefficient (Wildman–Crippen LogP) is -0.597. The van der Waals surface area contributed by atoms with Crippen LogP contribution >= 0.6 is 0 Å². The molecule has 0 saturated heterocycles. The Hall–Kier alpha value is -1.72. The lowest BCUT2D eigenvalue weighted by atomic mass is 10.4. The second-order valence-corrected chi connectivity index (χ2v) is 2.92. The van der Waals surface area contributed by atoms with Gasteiger partial charge in [0.05, 0.1) is 6.54 Å². The van der Waals surface area contributed by atoms with E-state index in [1.807, 2.05) is 6.20 Å². The predicted molar refractivity (Wildman–Crippen MR) is 46.0 cm³/mol. The van der Waals surface area contributed by atoms with Gasteiger partial charge in [0, 0.05) is 25.5 Å². The zero-order valence-electron chi connectivity index (χ0n) is 7.09. The summed E-state index contributed by atoms with van der Waals surface area (Å²) in [6, 6.07) is 0. The molecule has 70 valence electrons. The third kappa shape index (κ3) is 1.30. The number of hydrogen-bond acceptors (Lipinski definition) is 3. The molecule has 2 rings (SSSR count). The van der Waals surface area contributed by atoms with Crippen molar-refractivity contribution in [2.45, 2.75) is 13.1 Å². The molecule has 0 aromatic carbocycles. The Morgan fingerprint density at radius 2 is 2.46 bits per heavy atom. The fourth-order valence-electron chi connectivity index (χ4n) is 1.43. The quantitative estimate of drug-likeness (QED) is 0.242. The summed E-state index contributed by atoms with van der Waals surface area (Å²) in [6.45, 7) is 2.17. The number of nitrogens with two attached hydrogens (primary N) is 1. The summed E-state index contributed by atoms with van der Waals surface area (Å²) in [4.78, 5) is 5.93. The van der Waals surface area contributed by atoms with E-state index in [1.54, 1.807) is 11.1 Å². The largest absolute Gasteiger partial charge is 0.408 e. The van der Waals surface area contributed by atoms with Crippen molar-refractivity contribution in [3.8, 4) is 0 Å². The van der Waals surface area contributed by atoms with Crippen molar-refractivity contribution in [2.75, 3.05) is 6.54 Å². The number of rotatable bonds is 0. The molecule has 6 heteroatoms. The molecule has 0 aliphatic carbocycles. The van der Waals surface area contributed by atoms with E-state index in [0.29, 0.717) is 6.54 Å². The molecule has 0 amide bonds. The van der Waals surface area contributed by atoms with Crippen LogP contribution < -0.4 is 5.73 Å². The molecule has 0 bridgehead atoms. The van der Waals surface area contributed by atoms with Gasteiger partial charge in [0.25, 0.3) is 0 Å². The maximum atomic E-state index is 8.48. The first kappa shape index (κ1) is 7.90. The van der Waals surface area contributed by atoms with E-state index < -0.39 is 0 Å². The van der Waals surface area contributed by atoms with Crippen molar-refractivity contribution in [1.82, 2.24) is 14.5 Å². The van der Waals surface area contributed by atoms with Crippen LogP contribution in [0.2, 0.25) is 0 Å². The standard InChI is InChI=1S/C7H11N5O/c8-7(10-13)12-4-3-11-2-1-9-6(11)5-12/h1-2,13H,3-5H2,(H2,8,10). The molecule has 0 radical (unpaired) electrons. The van der Waals surface area contributed by atoms with Crippen molar-refractivity contribution < 1.29 is 5.21 Å². The molecule has 2 heterocycles. The van der Waals surface area contributed by atoms with Gasteiger partial charge in [-0.05, 0) is 0 Å². The molecular formula is C7H11N5O. The van der Waals surface area contributed by atoms with E-state index in [2.05, 4.69) is 14.7 Å². The topological polar surface area (TPSA) is 79.7 Å². The highest BCUT2D eigenvalue weighted by atomic mass is 16.4. The Labute approximate surface area is 75.3 Å². The zero-order valence-corrected chi connectivity index (χ0v) is 7.09. The minimum Gasteiger partial charge on any atom is -0.408 e. The van der Waals surface area contributed by atoms with E-state index in [0.717, 1.165) is 18.9 Å². The van der Waals surface area contributed by atoms with Crippen LogP contribution in [0.15, 0.2) is 17.5 Å². The number of nitrogens with zero attached hydrogens (tertiary/aromatic N) is 4. The fraction of sp³-hybridized carbons (Fsp3) is 0.429. The van der Waals surface area contributed by atoms with Gasteiger partial charge < -0.3 is 20.4 Å². The minimum absolute atomic E-state index is 0.147. The molecule has 0 atom stereocenters. The molecule has 6 nitrogen and oxygen atoms in total. The minimum atomic E-state index is 0.147. The number of oxime groups is 1. The van der Waals surface area contributed by atoms with Gasteiger partial charge in [-0.2, -0.15) is 0 Å². The second-order valence-electron chi connectivity index (χ2n) is 2.92. The van der Waals surface area contributed by atoms with Gasteiger partial charge in [0.2, 0.25) is 5.96 Å². The Morgan fingerprint density at radius 3 is 3.23 bits per heavy atom. The van der Waals surface area contributed by atoms with Crippen molar-refractivity contribution in [1.29, 1.82) is 0 Å². The highest BCUT2D eigenvalue weighted by Crippen LogP contribution is 2.08. The van der Waals surface area contributed by atoms with E-state index in [-0.39, 0.29) is 5.96 Å². The summed E-state index contributed by atoms with van der Waals surface area (Å²) >= 11 is 0. The number of guanidine groups is 1. The SMILES string of the molecule is NC(=NO)N1CCn2ccnc2C1. The Kier molecular flexibility index (Phi) is 1.80. The summed E-state index contributed by atoms with van der Waals surface area (Å²) in [5.41, 5.74) is 5.46. The Morgan fingerprint density at radius 1 is 1.62 bits per heavy atom. The van der Waals surface area contributed by atoms with Gasteiger partial charge in [0.15, 0.2) is 0 Å². The van der Waals surface area contributed by atoms with Gasteiger partial charge >= 0.3 is 0 Å². The molecule has 13 heavy (non-hydrogen) atoms. The lowest BCUT2D eigenvalue weighted by Gasteiger charge is -2.27. The third-order valence-corrected chi connectivity index (χ3v) is 2.17. The van der Waals surface area contributed by atoms with Crippen molar-refractivity contribution in [2.24, 2.45) is 10.9 Å². The molecule has 3 N–H and O–H groups in total. The average Bonchev–Trinajstić information content (AvgIpc) is 2.63. The molecule has 0 unspecified atom stereocenters. The molecule has 1 aromatic heterocycles. The second kappa shape index (κ2) is 2.96. The van der Waals surface area contributed by atoms with E-state index in [1.165, 1.54) is 0 Å². The highest BCUT2D eigenvalue weighted by Gasteiger charge is 2.17. The molecule has 1 aliphatic heterocycles. The van der Waals surface area contributed by atoms with Gasteiger partial charge in [-0.3, -0.25) is 0 Å². The molecule has 0 saturated carbocycles. The normalized spacial score (nSPS) is 17.2. The average molecular weight is 181 g/mol. The van der Waals surface area contributed by atoms with Gasteiger partial charge in [-0.25, -0.2) is 4.98 Å². The molecule has 1 aliphatic rings. The third-order valence-electron chi connectivity index (χ3n) is 2.17. The maximum Gasteiger partial charge on any atom is 0.233 e. The van der Waals surface area contributed by atoms with Crippen LogP contribution in [-0.4, -0.2) is 32.2 Å². The Bertz CT molecular complexity index is 331. The lowest BCUT2D eigenvalue weighted by molar-refractivity contribution is 0.277. The van der Waals surface area contributed by atoms with Crippen molar-refractivity contribution in [3.05, 3.63) is 18.2 Å². The highest BCUT2D eigenvalue weighted by molar-refractivity contribution is 5.77. The monoisotopic (exact) mass is 181 g/mol. The van der Waals surface area contributed by atoms with Gasteiger partial charge in [-0.1, -0.05) is 5.16 Å². The van der Waals surface area contributed by atoms with Crippen LogP contribution in [0.5, 0.6) is 0 Å². The fourth-order valence-corrected chi connectivity index (χ4v) is 1.43. The first-order valence-electron chi connectivity index (χ1n) is 4.04.